The standard InChI is InChI=1S/C20H32N4O/c1-21-20(22-11-13-25-16-18-9-10-18)23-14-19-8-5-12-24(19)15-17-6-3-2-4-7-17/h2-4,6-7,18-19H,5,8-16H2,1H3,(H2,21,22,23). The Hall–Kier alpha value is -1.59. The van der Waals surface area contributed by atoms with Crippen molar-refractivity contribution in [3.63, 3.8) is 0 Å². The van der Waals surface area contributed by atoms with Gasteiger partial charge in [0.25, 0.3) is 0 Å². The highest BCUT2D eigenvalue weighted by Crippen LogP contribution is 2.28. The van der Waals surface area contributed by atoms with Crippen LogP contribution in [0.15, 0.2) is 35.3 Å². The van der Waals surface area contributed by atoms with E-state index in [0.717, 1.165) is 44.7 Å². The van der Waals surface area contributed by atoms with Crippen LogP contribution in [0.5, 0.6) is 0 Å². The van der Waals surface area contributed by atoms with Gasteiger partial charge in [-0.05, 0) is 43.7 Å². The molecule has 1 aliphatic heterocycles. The first kappa shape index (κ1) is 18.2. The van der Waals surface area contributed by atoms with E-state index < -0.39 is 0 Å². The second-order valence-corrected chi connectivity index (χ2v) is 7.15. The van der Waals surface area contributed by atoms with E-state index in [1.807, 2.05) is 7.05 Å². The average Bonchev–Trinajstić information content (AvgIpc) is 3.37. The molecular weight excluding hydrogens is 312 g/mol. The lowest BCUT2D eigenvalue weighted by Gasteiger charge is -2.25. The Labute approximate surface area is 151 Å². The summed E-state index contributed by atoms with van der Waals surface area (Å²) in [6.45, 7) is 5.64. The summed E-state index contributed by atoms with van der Waals surface area (Å²) in [6.07, 6.45) is 5.22. The number of ether oxygens (including phenoxy) is 1. The molecule has 1 aromatic carbocycles. The molecule has 2 aliphatic rings. The fourth-order valence-electron chi connectivity index (χ4n) is 3.36. The maximum Gasteiger partial charge on any atom is 0.191 e. The second-order valence-electron chi connectivity index (χ2n) is 7.15. The molecule has 2 N–H and O–H groups in total. The highest BCUT2D eigenvalue weighted by Gasteiger charge is 2.24. The van der Waals surface area contributed by atoms with Crippen LogP contribution < -0.4 is 10.6 Å². The van der Waals surface area contributed by atoms with E-state index >= 15 is 0 Å². The molecule has 0 aromatic heterocycles. The van der Waals surface area contributed by atoms with E-state index in [9.17, 15) is 0 Å². The first-order chi connectivity index (χ1) is 12.3. The normalized spacial score (nSPS) is 21.5. The number of guanidine groups is 1. The summed E-state index contributed by atoms with van der Waals surface area (Å²) >= 11 is 0. The molecule has 0 spiro atoms. The second kappa shape index (κ2) is 9.78. The quantitative estimate of drug-likeness (QED) is 0.410. The lowest BCUT2D eigenvalue weighted by Crippen LogP contribution is -2.45. The largest absolute Gasteiger partial charge is 0.379 e. The maximum atomic E-state index is 5.66. The van der Waals surface area contributed by atoms with Gasteiger partial charge >= 0.3 is 0 Å². The summed E-state index contributed by atoms with van der Waals surface area (Å²) < 4.78 is 5.66. The van der Waals surface area contributed by atoms with Crippen molar-refractivity contribution in [2.45, 2.75) is 38.3 Å². The number of nitrogens with zero attached hydrogens (tertiary/aromatic N) is 2. The Morgan fingerprint density at radius 2 is 2.04 bits per heavy atom. The van der Waals surface area contributed by atoms with Crippen LogP contribution >= 0.6 is 0 Å². The van der Waals surface area contributed by atoms with Gasteiger partial charge in [0, 0.05) is 39.3 Å². The highest BCUT2D eigenvalue weighted by molar-refractivity contribution is 5.79. The van der Waals surface area contributed by atoms with Crippen molar-refractivity contribution >= 4 is 5.96 Å². The molecule has 1 atom stereocenters. The van der Waals surface area contributed by atoms with Gasteiger partial charge in [-0.1, -0.05) is 30.3 Å². The third kappa shape index (κ3) is 6.33. The number of hydrogen-bond donors (Lipinski definition) is 2. The Balaban J connectivity index is 1.35. The maximum absolute atomic E-state index is 5.66. The van der Waals surface area contributed by atoms with E-state index in [0.29, 0.717) is 6.04 Å². The minimum Gasteiger partial charge on any atom is -0.379 e. The smallest absolute Gasteiger partial charge is 0.191 e. The van der Waals surface area contributed by atoms with Crippen molar-refractivity contribution in [1.82, 2.24) is 15.5 Å². The van der Waals surface area contributed by atoms with E-state index in [1.54, 1.807) is 0 Å². The van der Waals surface area contributed by atoms with E-state index in [1.165, 1.54) is 37.8 Å². The zero-order chi connectivity index (χ0) is 17.3. The lowest BCUT2D eigenvalue weighted by atomic mass is 10.2. The number of rotatable bonds is 9. The lowest BCUT2D eigenvalue weighted by molar-refractivity contribution is 0.129. The van der Waals surface area contributed by atoms with Gasteiger partial charge in [0.05, 0.1) is 6.61 Å². The first-order valence-corrected chi connectivity index (χ1v) is 9.65. The monoisotopic (exact) mass is 344 g/mol. The predicted octanol–water partition coefficient (Wildman–Crippen LogP) is 2.24. The van der Waals surface area contributed by atoms with Crippen LogP contribution in [-0.4, -0.2) is 56.8 Å². The molecule has 5 nitrogen and oxygen atoms in total. The van der Waals surface area contributed by atoms with Crippen molar-refractivity contribution in [1.29, 1.82) is 0 Å². The van der Waals surface area contributed by atoms with Crippen LogP contribution in [0.2, 0.25) is 0 Å². The van der Waals surface area contributed by atoms with Gasteiger partial charge in [0.15, 0.2) is 5.96 Å². The molecule has 3 rings (SSSR count). The molecule has 25 heavy (non-hydrogen) atoms. The van der Waals surface area contributed by atoms with Crippen molar-refractivity contribution in [3.05, 3.63) is 35.9 Å². The molecule has 1 aliphatic carbocycles. The van der Waals surface area contributed by atoms with E-state index in [4.69, 9.17) is 4.74 Å². The summed E-state index contributed by atoms with van der Waals surface area (Å²) in [5.74, 6) is 1.71. The van der Waals surface area contributed by atoms with E-state index in [-0.39, 0.29) is 0 Å². The zero-order valence-corrected chi connectivity index (χ0v) is 15.4. The van der Waals surface area contributed by atoms with Crippen molar-refractivity contribution < 1.29 is 4.74 Å². The molecule has 0 radical (unpaired) electrons. The Kier molecular flexibility index (Phi) is 7.12. The summed E-state index contributed by atoms with van der Waals surface area (Å²) in [7, 11) is 1.83. The van der Waals surface area contributed by atoms with Crippen LogP contribution in [0.3, 0.4) is 0 Å². The molecule has 1 aromatic rings. The molecule has 1 unspecified atom stereocenters. The number of hydrogen-bond acceptors (Lipinski definition) is 3. The topological polar surface area (TPSA) is 48.9 Å². The summed E-state index contributed by atoms with van der Waals surface area (Å²) in [5.41, 5.74) is 1.39. The van der Waals surface area contributed by atoms with Gasteiger partial charge in [0.2, 0.25) is 0 Å². The van der Waals surface area contributed by atoms with Crippen molar-refractivity contribution in [3.8, 4) is 0 Å². The summed E-state index contributed by atoms with van der Waals surface area (Å²) in [4.78, 5) is 6.90. The minimum absolute atomic E-state index is 0.574. The molecule has 1 heterocycles. The highest BCUT2D eigenvalue weighted by atomic mass is 16.5. The Morgan fingerprint density at radius 3 is 2.80 bits per heavy atom. The third-order valence-corrected chi connectivity index (χ3v) is 5.05. The molecule has 1 saturated heterocycles. The fraction of sp³-hybridized carbons (Fsp3) is 0.650. The average molecular weight is 345 g/mol. The van der Waals surface area contributed by atoms with E-state index in [2.05, 4.69) is 50.9 Å². The molecular formula is C20H32N4O. The third-order valence-electron chi connectivity index (χ3n) is 5.05. The van der Waals surface area contributed by atoms with Gasteiger partial charge in [0.1, 0.15) is 0 Å². The molecule has 0 bridgehead atoms. The number of likely N-dealkylation sites (tertiary alicyclic amines) is 1. The van der Waals surface area contributed by atoms with Crippen LogP contribution in [-0.2, 0) is 11.3 Å². The number of benzene rings is 1. The first-order valence-electron chi connectivity index (χ1n) is 9.65. The fourth-order valence-corrected chi connectivity index (χ4v) is 3.36. The van der Waals surface area contributed by atoms with Crippen LogP contribution in [0.1, 0.15) is 31.2 Å². The van der Waals surface area contributed by atoms with Crippen molar-refractivity contribution in [2.24, 2.45) is 10.9 Å². The summed E-state index contributed by atoms with van der Waals surface area (Å²) in [6, 6.07) is 11.3. The van der Waals surface area contributed by atoms with Crippen LogP contribution in [0, 0.1) is 5.92 Å². The summed E-state index contributed by atoms with van der Waals surface area (Å²) in [5, 5.41) is 6.83. The number of nitrogens with one attached hydrogen (secondary N) is 2. The Morgan fingerprint density at radius 1 is 1.20 bits per heavy atom. The van der Waals surface area contributed by atoms with Gasteiger partial charge in [-0.25, -0.2) is 0 Å². The predicted molar refractivity (Wildman–Crippen MR) is 103 cm³/mol. The van der Waals surface area contributed by atoms with Gasteiger partial charge in [-0.15, -0.1) is 0 Å². The molecule has 2 fully saturated rings. The van der Waals surface area contributed by atoms with Crippen LogP contribution in [0.4, 0.5) is 0 Å². The van der Waals surface area contributed by atoms with Gasteiger partial charge < -0.3 is 15.4 Å². The molecule has 5 heteroatoms. The van der Waals surface area contributed by atoms with Crippen molar-refractivity contribution in [2.75, 3.05) is 39.9 Å². The molecule has 1 saturated carbocycles. The number of aliphatic imine (C=N–C) groups is 1. The Bertz CT molecular complexity index is 530. The minimum atomic E-state index is 0.574. The SMILES string of the molecule is CN=C(NCCOCC1CC1)NCC1CCCN1Cc1ccccc1. The van der Waals surface area contributed by atoms with Gasteiger partial charge in [-0.3, -0.25) is 9.89 Å². The van der Waals surface area contributed by atoms with Gasteiger partial charge in [-0.2, -0.15) is 0 Å². The molecule has 138 valence electrons. The molecule has 0 amide bonds. The van der Waals surface area contributed by atoms with Crippen LogP contribution in [0.25, 0.3) is 0 Å². The zero-order valence-electron chi connectivity index (χ0n) is 15.4.